The Morgan fingerprint density at radius 2 is 2.04 bits per heavy atom. The van der Waals surface area contributed by atoms with E-state index in [0.717, 1.165) is 22.2 Å². The number of carbonyl (C=O) groups is 1. The van der Waals surface area contributed by atoms with E-state index in [-0.39, 0.29) is 33.9 Å². The molecule has 0 fully saturated rings. The molecule has 0 bridgehead atoms. The van der Waals surface area contributed by atoms with Crippen molar-refractivity contribution in [2.45, 2.75) is 17.7 Å². The highest BCUT2D eigenvalue weighted by Gasteiger charge is 2.20. The zero-order valence-corrected chi connectivity index (χ0v) is 15.3. The van der Waals surface area contributed by atoms with Crippen LogP contribution in [0.2, 0.25) is 0 Å². The van der Waals surface area contributed by atoms with Crippen LogP contribution in [-0.4, -0.2) is 36.1 Å². The largest absolute Gasteiger partial charge is 0.322 e. The van der Waals surface area contributed by atoms with Gasteiger partial charge in [-0.25, -0.2) is 13.1 Å². The Hall–Kier alpha value is -2.63. The van der Waals surface area contributed by atoms with Gasteiger partial charge in [-0.15, -0.1) is 10.2 Å². The summed E-state index contributed by atoms with van der Waals surface area (Å²) in [7, 11) is -3.87. The van der Waals surface area contributed by atoms with Crippen LogP contribution < -0.4 is 15.6 Å². The number of carbonyl (C=O) groups excluding carboxylic acids is 1. The molecule has 1 amide bonds. The van der Waals surface area contributed by atoms with Gasteiger partial charge in [0.1, 0.15) is 0 Å². The number of H-pyrrole nitrogens is 1. The fourth-order valence-corrected chi connectivity index (χ4v) is 4.30. The van der Waals surface area contributed by atoms with Crippen molar-refractivity contribution in [3.63, 3.8) is 0 Å². The van der Waals surface area contributed by atoms with Gasteiger partial charge in [-0.05, 0) is 23.9 Å². The number of nitrogens with one attached hydrogen (secondary N) is 3. The van der Waals surface area contributed by atoms with Crippen LogP contribution >= 0.6 is 11.3 Å². The van der Waals surface area contributed by atoms with Gasteiger partial charge in [0.25, 0.3) is 15.6 Å². The number of sulfonamides is 1. The first-order chi connectivity index (χ1) is 12.3. The Bertz CT molecular complexity index is 1120. The summed E-state index contributed by atoms with van der Waals surface area (Å²) in [4.78, 5) is 25.8. The molecule has 3 N–H and O–H groups in total. The second-order valence-electron chi connectivity index (χ2n) is 5.41. The summed E-state index contributed by atoms with van der Waals surface area (Å²) < 4.78 is 26.6. The first-order valence-corrected chi connectivity index (χ1v) is 9.87. The van der Waals surface area contributed by atoms with Crippen LogP contribution in [0.1, 0.15) is 12.5 Å². The quantitative estimate of drug-likeness (QED) is 0.532. The fourth-order valence-electron chi connectivity index (χ4n) is 2.28. The Kier molecular flexibility index (Phi) is 5.11. The standard InChI is InChI=1S/C15H15N5O4S2/c1-9(21)17-14-19-20-15(25-14)26(23,24)16-7-6-11-8-10-4-2-3-5-12(10)18-13(11)22/h2-5,8,16H,6-7H2,1H3,(H,18,22)(H,17,19,21). The molecule has 0 aliphatic carbocycles. The van der Waals surface area contributed by atoms with Crippen molar-refractivity contribution >= 4 is 43.3 Å². The van der Waals surface area contributed by atoms with Crippen LogP contribution in [0.4, 0.5) is 5.13 Å². The van der Waals surface area contributed by atoms with Gasteiger partial charge in [-0.2, -0.15) is 0 Å². The second-order valence-corrected chi connectivity index (χ2v) is 8.33. The summed E-state index contributed by atoms with van der Waals surface area (Å²) >= 11 is 0.747. The Morgan fingerprint density at radius 1 is 1.27 bits per heavy atom. The van der Waals surface area contributed by atoms with Crippen molar-refractivity contribution < 1.29 is 13.2 Å². The zero-order valence-electron chi connectivity index (χ0n) is 13.6. The van der Waals surface area contributed by atoms with Crippen LogP contribution in [0.15, 0.2) is 39.5 Å². The molecule has 0 aliphatic heterocycles. The minimum absolute atomic E-state index is 0.0266. The highest BCUT2D eigenvalue weighted by molar-refractivity contribution is 7.91. The maximum absolute atomic E-state index is 12.2. The molecule has 11 heteroatoms. The number of pyridine rings is 1. The van der Waals surface area contributed by atoms with Crippen LogP contribution in [0, 0.1) is 0 Å². The highest BCUT2D eigenvalue weighted by atomic mass is 32.2. The molecule has 9 nitrogen and oxygen atoms in total. The smallest absolute Gasteiger partial charge is 0.269 e. The summed E-state index contributed by atoms with van der Waals surface area (Å²) in [6.45, 7) is 1.31. The first kappa shape index (κ1) is 18.2. The molecule has 0 unspecified atom stereocenters. The van der Waals surface area contributed by atoms with Crippen molar-refractivity contribution in [1.82, 2.24) is 19.9 Å². The van der Waals surface area contributed by atoms with E-state index in [1.807, 2.05) is 18.2 Å². The van der Waals surface area contributed by atoms with Crippen LogP contribution in [-0.2, 0) is 21.2 Å². The van der Waals surface area contributed by atoms with Crippen LogP contribution in [0.25, 0.3) is 10.9 Å². The molecule has 0 atom stereocenters. The first-order valence-electron chi connectivity index (χ1n) is 7.57. The summed E-state index contributed by atoms with van der Waals surface area (Å²) in [5.41, 5.74) is 0.940. The molecule has 0 aliphatic rings. The third kappa shape index (κ3) is 4.12. The number of aromatic amines is 1. The average Bonchev–Trinajstić information content (AvgIpc) is 3.04. The molecule has 1 aromatic carbocycles. The van der Waals surface area contributed by atoms with Gasteiger partial charge in [-0.3, -0.25) is 9.59 Å². The number of para-hydroxylation sites is 1. The third-order valence-corrected chi connectivity index (χ3v) is 6.10. The van der Waals surface area contributed by atoms with E-state index in [2.05, 4.69) is 25.2 Å². The molecular weight excluding hydrogens is 378 g/mol. The van der Waals surface area contributed by atoms with E-state index in [1.54, 1.807) is 12.1 Å². The number of benzene rings is 1. The lowest BCUT2D eigenvalue weighted by Crippen LogP contribution is -2.27. The van der Waals surface area contributed by atoms with Crippen molar-refractivity contribution in [3.05, 3.63) is 46.2 Å². The molecule has 0 spiro atoms. The minimum Gasteiger partial charge on any atom is -0.322 e. The monoisotopic (exact) mass is 393 g/mol. The number of aromatic nitrogens is 3. The van der Waals surface area contributed by atoms with E-state index in [9.17, 15) is 18.0 Å². The maximum atomic E-state index is 12.2. The number of amides is 1. The lowest BCUT2D eigenvalue weighted by atomic mass is 10.1. The van der Waals surface area contributed by atoms with E-state index in [0.29, 0.717) is 5.56 Å². The summed E-state index contributed by atoms with van der Waals surface area (Å²) in [6, 6.07) is 9.08. The number of hydrogen-bond donors (Lipinski definition) is 3. The molecule has 2 aromatic heterocycles. The SMILES string of the molecule is CC(=O)Nc1nnc(S(=O)(=O)NCCc2cc3ccccc3[nH]c2=O)s1. The molecule has 0 radical (unpaired) electrons. The number of nitrogens with zero attached hydrogens (tertiary/aromatic N) is 2. The maximum Gasteiger partial charge on any atom is 0.269 e. The van der Waals surface area contributed by atoms with E-state index in [4.69, 9.17) is 0 Å². The molecular formula is C15H15N5O4S2. The number of hydrogen-bond acceptors (Lipinski definition) is 7. The normalized spacial score (nSPS) is 11.6. The molecule has 136 valence electrons. The lowest BCUT2D eigenvalue weighted by molar-refractivity contribution is -0.114. The molecule has 0 saturated carbocycles. The van der Waals surface area contributed by atoms with Crippen molar-refractivity contribution in [2.24, 2.45) is 0 Å². The number of fused-ring (bicyclic) bond motifs is 1. The Labute approximate surface area is 152 Å². The summed E-state index contributed by atoms with van der Waals surface area (Å²) in [5, 5.41) is 10.5. The molecule has 26 heavy (non-hydrogen) atoms. The van der Waals surface area contributed by atoms with Crippen molar-refractivity contribution in [2.75, 3.05) is 11.9 Å². The van der Waals surface area contributed by atoms with Gasteiger partial charge in [0.15, 0.2) is 0 Å². The summed E-state index contributed by atoms with van der Waals surface area (Å²) in [5.74, 6) is -0.367. The van der Waals surface area contributed by atoms with Crippen LogP contribution in [0.3, 0.4) is 0 Å². The fraction of sp³-hybridized carbons (Fsp3) is 0.200. The number of anilines is 1. The van der Waals surface area contributed by atoms with Gasteiger partial charge in [0.05, 0.1) is 0 Å². The molecule has 3 rings (SSSR count). The minimum atomic E-state index is -3.87. The topological polar surface area (TPSA) is 134 Å². The predicted molar refractivity (Wildman–Crippen MR) is 97.7 cm³/mol. The van der Waals surface area contributed by atoms with Crippen molar-refractivity contribution in [1.29, 1.82) is 0 Å². The van der Waals surface area contributed by atoms with Crippen molar-refractivity contribution in [3.8, 4) is 0 Å². The lowest BCUT2D eigenvalue weighted by Gasteiger charge is -2.05. The number of rotatable bonds is 6. The van der Waals surface area contributed by atoms with E-state index < -0.39 is 10.0 Å². The van der Waals surface area contributed by atoms with E-state index in [1.165, 1.54) is 6.92 Å². The second kappa shape index (κ2) is 7.32. The zero-order chi connectivity index (χ0) is 18.7. The molecule has 0 saturated heterocycles. The summed E-state index contributed by atoms with van der Waals surface area (Å²) in [6.07, 6.45) is 0.219. The predicted octanol–water partition coefficient (Wildman–Crippen LogP) is 0.859. The van der Waals surface area contributed by atoms with Gasteiger partial charge in [0.2, 0.25) is 15.4 Å². The van der Waals surface area contributed by atoms with Gasteiger partial charge < -0.3 is 10.3 Å². The third-order valence-electron chi connectivity index (χ3n) is 3.44. The average molecular weight is 393 g/mol. The van der Waals surface area contributed by atoms with Gasteiger partial charge in [-0.1, -0.05) is 29.5 Å². The van der Waals surface area contributed by atoms with Gasteiger partial charge in [0, 0.05) is 24.5 Å². The highest BCUT2D eigenvalue weighted by Crippen LogP contribution is 2.19. The van der Waals surface area contributed by atoms with Crippen LogP contribution in [0.5, 0.6) is 0 Å². The Balaban J connectivity index is 1.69. The molecule has 3 aromatic rings. The van der Waals surface area contributed by atoms with Gasteiger partial charge >= 0.3 is 0 Å². The van der Waals surface area contributed by atoms with E-state index >= 15 is 0 Å². The molecule has 2 heterocycles. The Morgan fingerprint density at radius 3 is 2.81 bits per heavy atom.